The Morgan fingerprint density at radius 1 is 0.857 bits per heavy atom. The SMILES string of the molecule is COc1cccc(OC)c1C(O)c1ccc(C(F)F)cc1. The number of aliphatic hydroxyl groups is 1. The van der Waals surface area contributed by atoms with Crippen LogP contribution in [0.15, 0.2) is 42.5 Å². The van der Waals surface area contributed by atoms with Crippen molar-refractivity contribution >= 4 is 0 Å². The summed E-state index contributed by atoms with van der Waals surface area (Å²) in [6, 6.07) is 10.7. The molecule has 112 valence electrons. The number of benzene rings is 2. The van der Waals surface area contributed by atoms with E-state index in [9.17, 15) is 13.9 Å². The Kier molecular flexibility index (Phi) is 4.75. The minimum absolute atomic E-state index is 0.0852. The number of hydrogen-bond acceptors (Lipinski definition) is 3. The molecule has 0 radical (unpaired) electrons. The van der Waals surface area contributed by atoms with Gasteiger partial charge in [-0.25, -0.2) is 8.78 Å². The monoisotopic (exact) mass is 294 g/mol. The fourth-order valence-electron chi connectivity index (χ4n) is 2.14. The van der Waals surface area contributed by atoms with Gasteiger partial charge in [-0.3, -0.25) is 0 Å². The predicted octanol–water partition coefficient (Wildman–Crippen LogP) is 3.72. The number of hydrogen-bond donors (Lipinski definition) is 1. The molecule has 0 amide bonds. The lowest BCUT2D eigenvalue weighted by Gasteiger charge is -2.18. The van der Waals surface area contributed by atoms with E-state index in [2.05, 4.69) is 0 Å². The summed E-state index contributed by atoms with van der Waals surface area (Å²) < 4.78 is 35.6. The molecule has 1 N–H and O–H groups in total. The number of ether oxygens (including phenoxy) is 2. The lowest BCUT2D eigenvalue weighted by molar-refractivity contribution is 0.151. The van der Waals surface area contributed by atoms with Gasteiger partial charge in [0.2, 0.25) is 0 Å². The summed E-state index contributed by atoms with van der Waals surface area (Å²) in [4.78, 5) is 0. The van der Waals surface area contributed by atoms with E-state index in [4.69, 9.17) is 9.47 Å². The highest BCUT2D eigenvalue weighted by molar-refractivity contribution is 5.49. The first-order valence-electron chi connectivity index (χ1n) is 6.35. The van der Waals surface area contributed by atoms with Crippen LogP contribution in [0.3, 0.4) is 0 Å². The van der Waals surface area contributed by atoms with E-state index in [1.165, 1.54) is 38.5 Å². The molecule has 2 aromatic rings. The maximum Gasteiger partial charge on any atom is 0.263 e. The van der Waals surface area contributed by atoms with E-state index in [1.807, 2.05) is 0 Å². The molecule has 0 aliphatic rings. The quantitative estimate of drug-likeness (QED) is 0.913. The molecule has 2 rings (SSSR count). The molecule has 1 unspecified atom stereocenters. The molecule has 0 aliphatic carbocycles. The van der Waals surface area contributed by atoms with E-state index in [0.717, 1.165) is 0 Å². The standard InChI is InChI=1S/C16H16F2O3/c1-20-12-4-3-5-13(21-2)14(12)15(19)10-6-8-11(9-7-10)16(17)18/h3-9,15-16,19H,1-2H3. The predicted molar refractivity (Wildman–Crippen MR) is 75.0 cm³/mol. The molecule has 0 heterocycles. The highest BCUT2D eigenvalue weighted by Gasteiger charge is 2.20. The van der Waals surface area contributed by atoms with Crippen LogP contribution < -0.4 is 9.47 Å². The molecule has 0 saturated carbocycles. The highest BCUT2D eigenvalue weighted by Crippen LogP contribution is 2.37. The van der Waals surface area contributed by atoms with Crippen molar-refractivity contribution in [2.45, 2.75) is 12.5 Å². The van der Waals surface area contributed by atoms with Crippen LogP contribution in [0.2, 0.25) is 0 Å². The topological polar surface area (TPSA) is 38.7 Å². The van der Waals surface area contributed by atoms with Crippen molar-refractivity contribution in [2.75, 3.05) is 14.2 Å². The summed E-state index contributed by atoms with van der Waals surface area (Å²) in [5, 5.41) is 10.5. The summed E-state index contributed by atoms with van der Waals surface area (Å²) >= 11 is 0. The van der Waals surface area contributed by atoms with Gasteiger partial charge in [-0.1, -0.05) is 30.3 Å². The summed E-state index contributed by atoms with van der Waals surface area (Å²) in [5.41, 5.74) is 0.868. The molecule has 2 aromatic carbocycles. The van der Waals surface area contributed by atoms with Gasteiger partial charge in [0.05, 0.1) is 19.8 Å². The third-order valence-electron chi connectivity index (χ3n) is 3.24. The van der Waals surface area contributed by atoms with Crippen LogP contribution in [0.5, 0.6) is 11.5 Å². The molecule has 1 atom stereocenters. The summed E-state index contributed by atoms with van der Waals surface area (Å²) in [6.07, 6.45) is -3.56. The Morgan fingerprint density at radius 2 is 1.33 bits per heavy atom. The second-order valence-electron chi connectivity index (χ2n) is 4.45. The van der Waals surface area contributed by atoms with Crippen LogP contribution in [-0.2, 0) is 0 Å². The lowest BCUT2D eigenvalue weighted by Crippen LogP contribution is -2.05. The van der Waals surface area contributed by atoms with Crippen molar-refractivity contribution in [3.63, 3.8) is 0 Å². The van der Waals surface area contributed by atoms with Crippen molar-refractivity contribution in [3.8, 4) is 11.5 Å². The molecule has 5 heteroatoms. The molecule has 0 bridgehead atoms. The lowest BCUT2D eigenvalue weighted by atomic mass is 9.98. The molecular weight excluding hydrogens is 278 g/mol. The molecule has 0 saturated heterocycles. The molecule has 0 fully saturated rings. The first-order valence-corrected chi connectivity index (χ1v) is 6.35. The molecule has 0 spiro atoms. The maximum atomic E-state index is 12.6. The first kappa shape index (κ1) is 15.3. The Balaban J connectivity index is 2.41. The molecule has 21 heavy (non-hydrogen) atoms. The average molecular weight is 294 g/mol. The van der Waals surface area contributed by atoms with E-state index in [0.29, 0.717) is 22.6 Å². The number of rotatable bonds is 5. The minimum Gasteiger partial charge on any atom is -0.496 e. The van der Waals surface area contributed by atoms with Crippen molar-refractivity contribution < 1.29 is 23.4 Å². The van der Waals surface area contributed by atoms with Crippen LogP contribution in [-0.4, -0.2) is 19.3 Å². The van der Waals surface area contributed by atoms with Gasteiger partial charge in [-0.2, -0.15) is 0 Å². The average Bonchev–Trinajstić information content (AvgIpc) is 2.53. The summed E-state index contributed by atoms with van der Waals surface area (Å²) in [7, 11) is 2.98. The molecule has 0 aliphatic heterocycles. The van der Waals surface area contributed by atoms with Crippen LogP contribution in [0.4, 0.5) is 8.78 Å². The zero-order valence-corrected chi connectivity index (χ0v) is 11.7. The second-order valence-corrected chi connectivity index (χ2v) is 4.45. The Hall–Kier alpha value is -2.14. The fraction of sp³-hybridized carbons (Fsp3) is 0.250. The zero-order chi connectivity index (χ0) is 15.4. The van der Waals surface area contributed by atoms with Crippen LogP contribution in [0.25, 0.3) is 0 Å². The van der Waals surface area contributed by atoms with Gasteiger partial charge >= 0.3 is 0 Å². The van der Waals surface area contributed by atoms with Gasteiger partial charge in [0, 0.05) is 5.56 Å². The first-order chi connectivity index (χ1) is 10.1. The van der Waals surface area contributed by atoms with E-state index < -0.39 is 12.5 Å². The smallest absolute Gasteiger partial charge is 0.263 e. The Labute approximate surface area is 121 Å². The van der Waals surface area contributed by atoms with Crippen molar-refractivity contribution in [1.29, 1.82) is 0 Å². The van der Waals surface area contributed by atoms with Gasteiger partial charge in [-0.05, 0) is 17.7 Å². The fourth-order valence-corrected chi connectivity index (χ4v) is 2.14. The summed E-state index contributed by atoms with van der Waals surface area (Å²) in [6.45, 7) is 0. The van der Waals surface area contributed by atoms with Crippen molar-refractivity contribution in [2.24, 2.45) is 0 Å². The van der Waals surface area contributed by atoms with Crippen molar-refractivity contribution in [1.82, 2.24) is 0 Å². The number of halogens is 2. The third kappa shape index (κ3) is 3.13. The van der Waals surface area contributed by atoms with Crippen LogP contribution in [0, 0.1) is 0 Å². The normalized spacial score (nSPS) is 12.3. The van der Waals surface area contributed by atoms with Gasteiger partial charge in [0.25, 0.3) is 6.43 Å². The zero-order valence-electron chi connectivity index (χ0n) is 11.7. The van der Waals surface area contributed by atoms with E-state index in [1.54, 1.807) is 18.2 Å². The Morgan fingerprint density at radius 3 is 1.76 bits per heavy atom. The molecule has 0 aromatic heterocycles. The largest absolute Gasteiger partial charge is 0.496 e. The van der Waals surface area contributed by atoms with Gasteiger partial charge < -0.3 is 14.6 Å². The minimum atomic E-state index is -2.53. The second kappa shape index (κ2) is 6.54. The van der Waals surface area contributed by atoms with Gasteiger partial charge in [-0.15, -0.1) is 0 Å². The van der Waals surface area contributed by atoms with Gasteiger partial charge in [0.1, 0.15) is 17.6 Å². The van der Waals surface area contributed by atoms with E-state index >= 15 is 0 Å². The number of alkyl halides is 2. The van der Waals surface area contributed by atoms with Crippen LogP contribution >= 0.6 is 0 Å². The molecule has 3 nitrogen and oxygen atoms in total. The van der Waals surface area contributed by atoms with Crippen LogP contribution in [0.1, 0.15) is 29.2 Å². The van der Waals surface area contributed by atoms with Crippen molar-refractivity contribution in [3.05, 3.63) is 59.2 Å². The third-order valence-corrected chi connectivity index (χ3v) is 3.24. The highest BCUT2D eigenvalue weighted by atomic mass is 19.3. The number of methoxy groups -OCH3 is 2. The Bertz CT molecular complexity index is 575. The van der Waals surface area contributed by atoms with Gasteiger partial charge in [0.15, 0.2) is 0 Å². The maximum absolute atomic E-state index is 12.6. The number of aliphatic hydroxyl groups excluding tert-OH is 1. The molecular formula is C16H16F2O3. The summed E-state index contributed by atoms with van der Waals surface area (Å²) in [5.74, 6) is 0.944. The van der Waals surface area contributed by atoms with E-state index in [-0.39, 0.29) is 5.56 Å².